The van der Waals surface area contributed by atoms with Gasteiger partial charge >= 0.3 is 7.75 Å². The van der Waals surface area contributed by atoms with Gasteiger partial charge in [0.15, 0.2) is 0 Å². The molecule has 2 N–H and O–H groups in total. The van der Waals surface area contributed by atoms with Crippen LogP contribution in [0.4, 0.5) is 0 Å². The van der Waals surface area contributed by atoms with E-state index in [1.807, 2.05) is 15.7 Å². The summed E-state index contributed by atoms with van der Waals surface area (Å²) in [5.74, 6) is 0. The lowest BCUT2D eigenvalue weighted by Crippen LogP contribution is -2.35. The van der Waals surface area contributed by atoms with Gasteiger partial charge in [-0.15, -0.1) is 0 Å². The zero-order chi connectivity index (χ0) is 17.0. The monoisotopic (exact) mass is 349 g/mol. The number of methoxy groups -OCH3 is 2. The van der Waals surface area contributed by atoms with Crippen molar-refractivity contribution in [3.05, 3.63) is 0 Å². The molecule has 2 aliphatic rings. The molecule has 3 unspecified atom stereocenters. The Bertz CT molecular complexity index is 432. The van der Waals surface area contributed by atoms with Gasteiger partial charge in [-0.3, -0.25) is 4.52 Å². The Labute approximate surface area is 138 Å². The minimum Gasteiger partial charge on any atom is -0.382 e. The molecule has 7 atom stereocenters. The summed E-state index contributed by atoms with van der Waals surface area (Å²) in [6.45, 7) is 0.513. The minimum absolute atomic E-state index is 0.0305. The van der Waals surface area contributed by atoms with Crippen molar-refractivity contribution < 1.29 is 32.9 Å². The predicted molar refractivity (Wildman–Crippen MR) is 89.0 cm³/mol. The van der Waals surface area contributed by atoms with Crippen LogP contribution in [0.15, 0.2) is 0 Å². The average molecular weight is 349 g/mol. The van der Waals surface area contributed by atoms with Gasteiger partial charge in [-0.05, 0) is 12.8 Å². The second-order valence-electron chi connectivity index (χ2n) is 6.20. The van der Waals surface area contributed by atoms with Crippen LogP contribution in [-0.2, 0) is 28.0 Å². The van der Waals surface area contributed by atoms with Gasteiger partial charge in [0.25, 0.3) is 0 Å². The minimum atomic E-state index is -3.96. The summed E-state index contributed by atoms with van der Waals surface area (Å²) in [6.07, 6.45) is 0.143. The summed E-state index contributed by atoms with van der Waals surface area (Å²) in [4.78, 5) is 10.1. The Morgan fingerprint density at radius 3 is 2.39 bits per heavy atom. The Morgan fingerprint density at radius 2 is 1.78 bits per heavy atom. The lowest BCUT2D eigenvalue weighted by atomic mass is 9.96. The van der Waals surface area contributed by atoms with Crippen LogP contribution in [0.25, 0.3) is 0 Å². The summed E-state index contributed by atoms with van der Waals surface area (Å²) in [6, 6.07) is 0.0398. The highest BCUT2D eigenvalue weighted by atomic mass is 31.2. The molecule has 11 heteroatoms. The molecule has 23 heavy (non-hydrogen) atoms. The summed E-state index contributed by atoms with van der Waals surface area (Å²) in [5.41, 5.74) is 0. The molecule has 0 aromatic carbocycles. The smallest absolute Gasteiger partial charge is 0.382 e. The van der Waals surface area contributed by atoms with Crippen LogP contribution in [-0.4, -0.2) is 84.4 Å². The van der Waals surface area contributed by atoms with Crippen molar-refractivity contribution in [2.45, 2.75) is 49.3 Å². The summed E-state index contributed by atoms with van der Waals surface area (Å²) >= 11 is 0. The number of ether oxygens (including phenoxy) is 4. The number of hydrogen-bond donors (Lipinski definition) is 2. The van der Waals surface area contributed by atoms with E-state index in [0.29, 0.717) is 13.0 Å². The fourth-order valence-electron chi connectivity index (χ4n) is 3.12. The van der Waals surface area contributed by atoms with Crippen LogP contribution in [0.2, 0.25) is 0 Å². The lowest BCUT2D eigenvalue weighted by molar-refractivity contribution is -0.0144. The quantitative estimate of drug-likeness (QED) is 0.392. The number of hydrogen-bond acceptors (Lipinski definition) is 6. The maximum absolute atomic E-state index is 12.3. The van der Waals surface area contributed by atoms with E-state index in [4.69, 9.17) is 23.5 Å². The molecule has 0 aromatic heterocycles. The van der Waals surface area contributed by atoms with E-state index in [0.717, 1.165) is 6.42 Å². The van der Waals surface area contributed by atoms with Crippen molar-refractivity contribution in [3.8, 4) is 0 Å². The Hall–Kier alpha value is 0.0799. The van der Waals surface area contributed by atoms with Gasteiger partial charge in [0.1, 0.15) is 21.8 Å². The first kappa shape index (κ1) is 19.4. The van der Waals surface area contributed by atoms with E-state index >= 15 is 0 Å². The van der Waals surface area contributed by atoms with Crippen molar-refractivity contribution >= 4 is 23.4 Å². The molecule has 0 radical (unpaired) electrons. The van der Waals surface area contributed by atoms with E-state index in [1.165, 1.54) is 0 Å². The Kier molecular flexibility index (Phi) is 7.13. The SMILES string of the molecule is B[C@H]1CC(OC)[C@@H](CNP(=O)(O)OC2C[C@H](B)O[C@@H]2COC)O1. The fourth-order valence-corrected chi connectivity index (χ4v) is 4.19. The van der Waals surface area contributed by atoms with Crippen molar-refractivity contribution in [1.82, 2.24) is 5.09 Å². The molecule has 2 rings (SSSR count). The molecule has 0 bridgehead atoms. The Morgan fingerprint density at radius 1 is 1.17 bits per heavy atom. The van der Waals surface area contributed by atoms with Crippen molar-refractivity contribution in [2.75, 3.05) is 27.4 Å². The highest BCUT2D eigenvalue weighted by molar-refractivity contribution is 7.50. The van der Waals surface area contributed by atoms with Crippen molar-refractivity contribution in [2.24, 2.45) is 0 Å². The van der Waals surface area contributed by atoms with E-state index < -0.39 is 13.9 Å². The zero-order valence-electron chi connectivity index (χ0n) is 14.1. The third kappa shape index (κ3) is 5.54. The lowest BCUT2D eigenvalue weighted by Gasteiger charge is -2.24. The van der Waals surface area contributed by atoms with Crippen molar-refractivity contribution in [3.63, 3.8) is 0 Å². The van der Waals surface area contributed by atoms with Gasteiger partial charge in [0, 0.05) is 32.8 Å². The number of rotatable bonds is 8. The van der Waals surface area contributed by atoms with Gasteiger partial charge in [0.05, 0.1) is 24.9 Å². The molecule has 0 aromatic rings. The zero-order valence-corrected chi connectivity index (χ0v) is 15.0. The Balaban J connectivity index is 1.85. The maximum atomic E-state index is 12.3. The molecule has 0 amide bonds. The van der Waals surface area contributed by atoms with E-state index in [9.17, 15) is 9.46 Å². The van der Waals surface area contributed by atoms with Crippen LogP contribution in [0, 0.1) is 0 Å². The molecule has 2 fully saturated rings. The molecule has 132 valence electrons. The molecule has 8 nitrogen and oxygen atoms in total. The standard InChI is InChI=1S/C12H26B2NO7P/c1-18-6-10-8(4-12(14)21-10)22-23(16,17)15-5-9-7(19-2)3-11(13)20-9/h7-12H,3-6,13-14H2,1-2H3,(H2,15,16,17)/t7?,8?,9-,10-,11-,12-/m1/s1. The first-order valence-electron chi connectivity index (χ1n) is 7.93. The molecule has 0 aliphatic carbocycles. The average Bonchev–Trinajstić information content (AvgIpc) is 2.99. The molecular weight excluding hydrogens is 323 g/mol. The highest BCUT2D eigenvalue weighted by Gasteiger charge is 2.39. The van der Waals surface area contributed by atoms with Crippen LogP contribution in [0.3, 0.4) is 0 Å². The van der Waals surface area contributed by atoms with Crippen LogP contribution < -0.4 is 5.09 Å². The first-order chi connectivity index (χ1) is 10.8. The third-order valence-electron chi connectivity index (χ3n) is 4.18. The topological polar surface area (TPSA) is 95.5 Å². The predicted octanol–water partition coefficient (Wildman–Crippen LogP) is -1.78. The normalized spacial score (nSPS) is 40.3. The van der Waals surface area contributed by atoms with Gasteiger partial charge in [-0.25, -0.2) is 9.65 Å². The van der Waals surface area contributed by atoms with Crippen LogP contribution in [0.1, 0.15) is 12.8 Å². The van der Waals surface area contributed by atoms with E-state index in [1.54, 1.807) is 14.2 Å². The van der Waals surface area contributed by atoms with Gasteiger partial charge in [-0.1, -0.05) is 0 Å². The van der Waals surface area contributed by atoms with E-state index in [-0.39, 0.29) is 36.9 Å². The van der Waals surface area contributed by atoms with Gasteiger partial charge < -0.3 is 23.8 Å². The second kappa shape index (κ2) is 8.45. The third-order valence-corrected chi connectivity index (χ3v) is 5.31. The van der Waals surface area contributed by atoms with Gasteiger partial charge in [-0.2, -0.15) is 0 Å². The maximum Gasteiger partial charge on any atom is 0.403 e. The highest BCUT2D eigenvalue weighted by Crippen LogP contribution is 2.42. The number of nitrogens with one attached hydrogen (secondary N) is 1. The molecule has 2 saturated heterocycles. The van der Waals surface area contributed by atoms with Gasteiger partial charge in [0.2, 0.25) is 0 Å². The van der Waals surface area contributed by atoms with Crippen LogP contribution in [0.5, 0.6) is 0 Å². The first-order valence-corrected chi connectivity index (χ1v) is 9.51. The summed E-state index contributed by atoms with van der Waals surface area (Å²) in [7, 11) is 3.06. The largest absolute Gasteiger partial charge is 0.403 e. The summed E-state index contributed by atoms with van der Waals surface area (Å²) in [5, 5.41) is 2.58. The van der Waals surface area contributed by atoms with E-state index in [2.05, 4.69) is 5.09 Å². The molecular formula is C12H26B2NO7P. The fraction of sp³-hybridized carbons (Fsp3) is 1.00. The molecule has 0 spiro atoms. The molecule has 2 heterocycles. The molecule has 2 aliphatic heterocycles. The van der Waals surface area contributed by atoms with Crippen LogP contribution >= 0.6 is 7.75 Å². The van der Waals surface area contributed by atoms with Crippen molar-refractivity contribution in [1.29, 1.82) is 0 Å². The second-order valence-corrected chi connectivity index (χ2v) is 7.77. The molecule has 0 saturated carbocycles. The summed E-state index contributed by atoms with van der Waals surface area (Å²) < 4.78 is 39.4.